The first kappa shape index (κ1) is 23.0. The lowest BCUT2D eigenvalue weighted by molar-refractivity contribution is 0.191. The molecule has 1 unspecified atom stereocenters. The summed E-state index contributed by atoms with van der Waals surface area (Å²) in [4.78, 5) is 5.27. The molecule has 0 saturated heterocycles. The zero-order valence-corrected chi connectivity index (χ0v) is 18.6. The Bertz CT molecular complexity index is 654. The van der Waals surface area contributed by atoms with E-state index in [4.69, 9.17) is 11.6 Å². The highest BCUT2D eigenvalue weighted by Crippen LogP contribution is 2.26. The lowest BCUT2D eigenvalue weighted by Crippen LogP contribution is -2.38. The van der Waals surface area contributed by atoms with E-state index in [2.05, 4.69) is 33.1 Å². The molecule has 0 saturated carbocycles. The number of aliphatic imine (C=N–C) groups is 1. The summed E-state index contributed by atoms with van der Waals surface area (Å²) in [6.45, 7) is 4.77. The smallest absolute Gasteiger partial charge is 0.191 e. The summed E-state index contributed by atoms with van der Waals surface area (Å²) in [5.41, 5.74) is 1.13. The van der Waals surface area contributed by atoms with Gasteiger partial charge in [-0.2, -0.15) is 0 Å². The normalized spacial score (nSPS) is 12.2. The number of aliphatic hydroxyl groups excluding tert-OH is 1. The van der Waals surface area contributed by atoms with E-state index in [1.807, 2.05) is 31.2 Å². The van der Waals surface area contributed by atoms with Crippen LogP contribution in [0.2, 0.25) is 4.34 Å². The van der Waals surface area contributed by atoms with Gasteiger partial charge < -0.3 is 21.1 Å². The van der Waals surface area contributed by atoms with Crippen LogP contribution in [0.1, 0.15) is 24.3 Å². The maximum Gasteiger partial charge on any atom is 0.191 e. The molecule has 1 aromatic carbocycles. The van der Waals surface area contributed by atoms with Crippen LogP contribution in [-0.4, -0.2) is 37.2 Å². The Balaban J connectivity index is 0.00000338. The van der Waals surface area contributed by atoms with Gasteiger partial charge in [-0.15, -0.1) is 35.3 Å². The maximum absolute atomic E-state index is 10.2. The Morgan fingerprint density at radius 1 is 1.15 bits per heavy atom. The second-order valence-electron chi connectivity index (χ2n) is 5.45. The van der Waals surface area contributed by atoms with Crippen molar-refractivity contribution in [3.63, 3.8) is 0 Å². The molecular formula is C18H26ClIN4OS. The van der Waals surface area contributed by atoms with Gasteiger partial charge in [-0.1, -0.05) is 29.8 Å². The largest absolute Gasteiger partial charge is 0.386 e. The minimum absolute atomic E-state index is 0. The molecule has 2 aromatic rings. The summed E-state index contributed by atoms with van der Waals surface area (Å²) in [6, 6.07) is 13.8. The highest BCUT2D eigenvalue weighted by molar-refractivity contribution is 14.0. The Labute approximate surface area is 181 Å². The number of para-hydroxylation sites is 1. The Kier molecular flexibility index (Phi) is 11.7. The standard InChI is InChI=1S/C18H25ClN4OS.HI/c1-2-20-18(23-13-15(24)16-9-10-17(19)25-16)22-12-6-11-21-14-7-4-3-5-8-14;/h3-5,7-10,15,21,24H,2,6,11-13H2,1H3,(H2,20,22,23);1H. The van der Waals surface area contributed by atoms with Gasteiger partial charge in [0.05, 0.1) is 10.9 Å². The van der Waals surface area contributed by atoms with Crippen molar-refractivity contribution in [3.05, 3.63) is 51.7 Å². The first-order valence-electron chi connectivity index (χ1n) is 8.43. The van der Waals surface area contributed by atoms with Crippen molar-refractivity contribution in [2.24, 2.45) is 4.99 Å². The van der Waals surface area contributed by atoms with Gasteiger partial charge in [0.25, 0.3) is 0 Å². The van der Waals surface area contributed by atoms with Crippen LogP contribution in [0.15, 0.2) is 47.5 Å². The van der Waals surface area contributed by atoms with Gasteiger partial charge in [-0.25, -0.2) is 0 Å². The van der Waals surface area contributed by atoms with Crippen LogP contribution in [0.3, 0.4) is 0 Å². The number of hydrogen-bond acceptors (Lipinski definition) is 4. The number of nitrogens with one attached hydrogen (secondary N) is 3. The van der Waals surface area contributed by atoms with E-state index in [1.165, 1.54) is 11.3 Å². The number of anilines is 1. The number of nitrogens with zero attached hydrogens (tertiary/aromatic N) is 1. The van der Waals surface area contributed by atoms with Gasteiger partial charge in [-0.3, -0.25) is 4.99 Å². The molecule has 1 heterocycles. The van der Waals surface area contributed by atoms with Gasteiger partial charge >= 0.3 is 0 Å². The molecule has 1 aromatic heterocycles. The van der Waals surface area contributed by atoms with Crippen LogP contribution in [0, 0.1) is 0 Å². The third-order valence-electron chi connectivity index (χ3n) is 3.44. The summed E-state index contributed by atoms with van der Waals surface area (Å²) < 4.78 is 0.675. The van der Waals surface area contributed by atoms with Crippen LogP contribution in [0.4, 0.5) is 5.69 Å². The van der Waals surface area contributed by atoms with Crippen molar-refractivity contribution < 1.29 is 5.11 Å². The zero-order valence-electron chi connectivity index (χ0n) is 14.7. The summed E-state index contributed by atoms with van der Waals surface area (Å²) in [7, 11) is 0. The van der Waals surface area contributed by atoms with Gasteiger partial charge in [-0.05, 0) is 37.6 Å². The Morgan fingerprint density at radius 2 is 1.92 bits per heavy atom. The van der Waals surface area contributed by atoms with E-state index < -0.39 is 6.10 Å². The van der Waals surface area contributed by atoms with Crippen LogP contribution < -0.4 is 16.0 Å². The lowest BCUT2D eigenvalue weighted by atomic mass is 10.3. The van der Waals surface area contributed by atoms with Crippen molar-refractivity contribution in [1.82, 2.24) is 10.6 Å². The first-order valence-corrected chi connectivity index (χ1v) is 9.63. The monoisotopic (exact) mass is 508 g/mol. The predicted molar refractivity (Wildman–Crippen MR) is 123 cm³/mol. The van der Waals surface area contributed by atoms with Crippen molar-refractivity contribution in [1.29, 1.82) is 0 Å². The summed E-state index contributed by atoms with van der Waals surface area (Å²) in [5.74, 6) is 0.712. The fourth-order valence-corrected chi connectivity index (χ4v) is 3.24. The van der Waals surface area contributed by atoms with Gasteiger partial charge in [0.2, 0.25) is 0 Å². The number of thiophene rings is 1. The molecule has 1 atom stereocenters. The third-order valence-corrected chi connectivity index (χ3v) is 4.77. The average Bonchev–Trinajstić information content (AvgIpc) is 3.06. The van der Waals surface area contributed by atoms with Gasteiger partial charge in [0.15, 0.2) is 5.96 Å². The van der Waals surface area contributed by atoms with Gasteiger partial charge in [0, 0.05) is 30.2 Å². The molecule has 8 heteroatoms. The second kappa shape index (κ2) is 13.2. The number of benzene rings is 1. The molecule has 0 aliphatic rings. The number of halogens is 2. The van der Waals surface area contributed by atoms with Gasteiger partial charge in [0.1, 0.15) is 6.10 Å². The Morgan fingerprint density at radius 3 is 2.58 bits per heavy atom. The van der Waals surface area contributed by atoms with E-state index in [0.29, 0.717) is 16.8 Å². The SMILES string of the molecule is CCNC(=NCC(O)c1ccc(Cl)s1)NCCCNc1ccccc1.I. The summed E-state index contributed by atoms with van der Waals surface area (Å²) in [5, 5.41) is 20.0. The summed E-state index contributed by atoms with van der Waals surface area (Å²) in [6.07, 6.45) is 0.329. The van der Waals surface area contributed by atoms with E-state index in [-0.39, 0.29) is 24.0 Å². The molecule has 0 aliphatic carbocycles. The van der Waals surface area contributed by atoms with E-state index in [0.717, 1.165) is 36.6 Å². The fraction of sp³-hybridized carbons (Fsp3) is 0.389. The lowest BCUT2D eigenvalue weighted by Gasteiger charge is -2.13. The molecule has 0 fully saturated rings. The molecule has 4 N–H and O–H groups in total. The van der Waals surface area contributed by atoms with E-state index >= 15 is 0 Å². The molecule has 0 bridgehead atoms. The molecule has 0 amide bonds. The van der Waals surface area contributed by atoms with Crippen LogP contribution in [0.25, 0.3) is 0 Å². The molecule has 0 aliphatic heterocycles. The van der Waals surface area contributed by atoms with Crippen molar-refractivity contribution >= 4 is 58.6 Å². The van der Waals surface area contributed by atoms with Crippen LogP contribution >= 0.6 is 46.9 Å². The quantitative estimate of drug-likeness (QED) is 0.178. The fourth-order valence-electron chi connectivity index (χ4n) is 2.20. The zero-order chi connectivity index (χ0) is 17.9. The number of hydrogen-bond donors (Lipinski definition) is 4. The Hall–Kier alpha value is -1.03. The second-order valence-corrected chi connectivity index (χ2v) is 7.20. The average molecular weight is 509 g/mol. The predicted octanol–water partition coefficient (Wildman–Crippen LogP) is 4.11. The highest BCUT2D eigenvalue weighted by atomic mass is 127. The molecule has 0 spiro atoms. The van der Waals surface area contributed by atoms with Crippen LogP contribution in [0.5, 0.6) is 0 Å². The topological polar surface area (TPSA) is 68.7 Å². The minimum atomic E-state index is -0.632. The number of guanidine groups is 1. The van der Waals surface area contributed by atoms with Crippen molar-refractivity contribution in [3.8, 4) is 0 Å². The minimum Gasteiger partial charge on any atom is -0.386 e. The first-order chi connectivity index (χ1) is 12.2. The molecule has 2 rings (SSSR count). The highest BCUT2D eigenvalue weighted by Gasteiger charge is 2.10. The maximum atomic E-state index is 10.2. The van der Waals surface area contributed by atoms with Crippen LogP contribution in [-0.2, 0) is 0 Å². The van der Waals surface area contributed by atoms with Crippen molar-refractivity contribution in [2.45, 2.75) is 19.4 Å². The molecule has 0 radical (unpaired) electrons. The molecule has 5 nitrogen and oxygen atoms in total. The molecule has 26 heavy (non-hydrogen) atoms. The van der Waals surface area contributed by atoms with E-state index in [1.54, 1.807) is 6.07 Å². The molecular weight excluding hydrogens is 483 g/mol. The number of aliphatic hydroxyl groups is 1. The third kappa shape index (κ3) is 8.57. The summed E-state index contributed by atoms with van der Waals surface area (Å²) >= 11 is 7.28. The van der Waals surface area contributed by atoms with E-state index in [9.17, 15) is 5.11 Å². The number of rotatable bonds is 9. The molecule has 144 valence electrons. The van der Waals surface area contributed by atoms with Crippen molar-refractivity contribution in [2.75, 3.05) is 31.5 Å².